The number of hydrogen-bond donors (Lipinski definition) is 2. The largest absolute Gasteiger partial charge is 0.491 e. The number of methoxy groups -OCH3 is 1. The number of esters is 2. The predicted octanol–water partition coefficient (Wildman–Crippen LogP) is 4.77. The van der Waals surface area contributed by atoms with Gasteiger partial charge in [0, 0.05) is 44.1 Å². The van der Waals surface area contributed by atoms with Crippen LogP contribution in [0, 0.1) is 11.8 Å². The van der Waals surface area contributed by atoms with Crippen molar-refractivity contribution in [3.05, 3.63) is 150 Å². The van der Waals surface area contributed by atoms with Crippen molar-refractivity contribution in [2.24, 2.45) is 11.8 Å². The highest BCUT2D eigenvalue weighted by Gasteiger charge is 2.76. The molecule has 16 nitrogen and oxygen atoms in total. The van der Waals surface area contributed by atoms with Crippen molar-refractivity contribution in [2.45, 2.75) is 49.5 Å². The summed E-state index contributed by atoms with van der Waals surface area (Å²) in [5.41, 5.74) is 0.356. The fourth-order valence-electron chi connectivity index (χ4n) is 10.4. The Balaban J connectivity index is 1.30. The van der Waals surface area contributed by atoms with E-state index in [9.17, 15) is 14.7 Å². The molecule has 7 atom stereocenters. The van der Waals surface area contributed by atoms with Gasteiger partial charge in [-0.1, -0.05) is 111 Å². The highest BCUT2D eigenvalue weighted by atomic mass is 16.6. The SMILES string of the molecule is COC(=O)[C@@H](NC(=O)N1C(=O)[C@@]2(c3ccccc31)[C@H](c1ccccc1OCCO)N1[C@H](c3ccccc3)[C@H](c3ccccc3)OC(=O)[C@H]1[C@@H]2C(=O)N1CCN(c2ncccn2)CC1)C(C)C. The smallest absolute Gasteiger partial charge is 0.329 e. The summed E-state index contributed by atoms with van der Waals surface area (Å²) < 4.78 is 17.9. The molecule has 3 saturated heterocycles. The molecule has 0 aliphatic carbocycles. The molecule has 4 amide bonds. The number of carbonyl (C=O) groups is 5. The normalized spacial score (nSPS) is 24.1. The Morgan fingerprint density at radius 2 is 1.45 bits per heavy atom. The lowest BCUT2D eigenvalue weighted by atomic mass is 9.65. The predicted molar refractivity (Wildman–Crippen MR) is 241 cm³/mol. The monoisotopic (exact) mass is 893 g/mol. The maximum atomic E-state index is 16.5. The van der Waals surface area contributed by atoms with Crippen LogP contribution in [0.2, 0.25) is 0 Å². The average Bonchev–Trinajstić information content (AvgIpc) is 3.81. The number of anilines is 2. The summed E-state index contributed by atoms with van der Waals surface area (Å²) in [5.74, 6) is -3.80. The van der Waals surface area contributed by atoms with Crippen molar-refractivity contribution in [1.29, 1.82) is 0 Å². The van der Waals surface area contributed by atoms with Gasteiger partial charge in [0.25, 0.3) is 0 Å². The summed E-state index contributed by atoms with van der Waals surface area (Å²) in [6, 6.07) is 29.0. The van der Waals surface area contributed by atoms with E-state index in [4.69, 9.17) is 14.2 Å². The zero-order valence-corrected chi connectivity index (χ0v) is 36.8. The molecule has 0 unspecified atom stereocenters. The third-order valence-electron chi connectivity index (χ3n) is 13.2. The van der Waals surface area contributed by atoms with Gasteiger partial charge in [-0.3, -0.25) is 19.3 Å². The number of nitrogens with one attached hydrogen (secondary N) is 1. The molecule has 5 aromatic rings. The van der Waals surface area contributed by atoms with Gasteiger partial charge >= 0.3 is 18.0 Å². The zero-order valence-electron chi connectivity index (χ0n) is 36.8. The first-order valence-electron chi connectivity index (χ1n) is 22.1. The van der Waals surface area contributed by atoms with Crippen LogP contribution in [0.1, 0.15) is 54.3 Å². The van der Waals surface area contributed by atoms with Crippen LogP contribution in [-0.2, 0) is 34.1 Å². The third-order valence-corrected chi connectivity index (χ3v) is 13.2. The van der Waals surface area contributed by atoms with Crippen molar-refractivity contribution in [3.8, 4) is 5.75 Å². The number of amides is 4. The van der Waals surface area contributed by atoms with Crippen LogP contribution in [0.3, 0.4) is 0 Å². The highest BCUT2D eigenvalue weighted by Crippen LogP contribution is 2.66. The number of hydrogen-bond acceptors (Lipinski definition) is 13. The summed E-state index contributed by atoms with van der Waals surface area (Å²) in [5, 5.41) is 12.8. The first-order chi connectivity index (χ1) is 32.1. The molecule has 3 fully saturated rings. The van der Waals surface area contributed by atoms with Crippen molar-refractivity contribution in [2.75, 3.05) is 56.3 Å². The fourth-order valence-corrected chi connectivity index (χ4v) is 10.4. The summed E-state index contributed by atoms with van der Waals surface area (Å²) in [6.07, 6.45) is 2.38. The molecule has 0 saturated carbocycles. The second kappa shape index (κ2) is 18.4. The van der Waals surface area contributed by atoms with Gasteiger partial charge in [0.15, 0.2) is 0 Å². The van der Waals surface area contributed by atoms with E-state index in [0.29, 0.717) is 41.5 Å². The van der Waals surface area contributed by atoms with Crippen LogP contribution < -0.4 is 19.9 Å². The Bertz CT molecular complexity index is 2600. The van der Waals surface area contributed by atoms with Gasteiger partial charge in [0.2, 0.25) is 17.8 Å². The zero-order chi connectivity index (χ0) is 46.1. The standard InChI is InChI=1S/C50H51N7O9/c1-31(2)39(45(60)64-3)53-49(63)56-36-21-12-11-20-35(36)50(47(56)62)38(44(59)54-25-27-55(28-26-54)48-51-23-14-24-52-48)41-46(61)66-42(33-17-8-5-9-18-33)40(32-15-6-4-7-16-32)57(41)43(50)34-19-10-13-22-37(34)65-30-29-58/h4-24,31,38-43,58H,25-30H2,1-3H3,(H,53,63)/t38-,39+,40-,41-,42+,43+,50-/m1/s1. The van der Waals surface area contributed by atoms with Crippen molar-refractivity contribution in [1.82, 2.24) is 25.1 Å². The van der Waals surface area contributed by atoms with Crippen LogP contribution in [-0.4, -0.2) is 113 Å². The third kappa shape index (κ3) is 7.39. The number of ether oxygens (including phenoxy) is 3. The lowest BCUT2D eigenvalue weighted by Crippen LogP contribution is -2.60. The van der Waals surface area contributed by atoms with Crippen LogP contribution in [0.5, 0.6) is 5.75 Å². The van der Waals surface area contributed by atoms with Gasteiger partial charge in [0.05, 0.1) is 37.4 Å². The van der Waals surface area contributed by atoms with E-state index in [1.807, 2.05) is 70.5 Å². The Kier molecular flexibility index (Phi) is 12.3. The molecule has 9 rings (SSSR count). The molecule has 4 aliphatic rings. The van der Waals surface area contributed by atoms with Gasteiger partial charge in [0.1, 0.15) is 36.0 Å². The molecular weight excluding hydrogens is 843 g/mol. The Labute approximate surface area is 382 Å². The molecule has 16 heteroatoms. The lowest BCUT2D eigenvalue weighted by molar-refractivity contribution is -0.179. The number of urea groups is 1. The first-order valence-corrected chi connectivity index (χ1v) is 22.1. The number of rotatable bonds is 11. The quantitative estimate of drug-likeness (QED) is 0.173. The summed E-state index contributed by atoms with van der Waals surface area (Å²) in [4.78, 5) is 91.5. The summed E-state index contributed by atoms with van der Waals surface area (Å²) >= 11 is 0. The summed E-state index contributed by atoms with van der Waals surface area (Å²) in [6.45, 7) is 4.20. The first kappa shape index (κ1) is 44.1. The number of imide groups is 1. The Morgan fingerprint density at radius 1 is 0.818 bits per heavy atom. The molecule has 0 bridgehead atoms. The van der Waals surface area contributed by atoms with Crippen LogP contribution in [0.15, 0.2) is 128 Å². The number of morpholine rings is 1. The van der Waals surface area contributed by atoms with Crippen LogP contribution in [0.4, 0.5) is 16.4 Å². The molecule has 2 N–H and O–H groups in total. The second-order valence-electron chi connectivity index (χ2n) is 17.1. The number of cyclic esters (lactones) is 1. The number of aromatic nitrogens is 2. The minimum Gasteiger partial charge on any atom is -0.491 e. The fraction of sp³-hybridized carbons (Fsp3) is 0.340. The van der Waals surface area contributed by atoms with Gasteiger partial charge in [-0.05, 0) is 40.8 Å². The molecular formula is C50H51N7O9. The number of carbonyl (C=O) groups excluding carboxylic acids is 5. The molecule has 4 aliphatic heterocycles. The number of benzene rings is 4. The minimum absolute atomic E-state index is 0.0993. The van der Waals surface area contributed by atoms with Gasteiger partial charge in [-0.25, -0.2) is 24.5 Å². The van der Waals surface area contributed by atoms with E-state index in [2.05, 4.69) is 15.3 Å². The van der Waals surface area contributed by atoms with Crippen molar-refractivity contribution < 1.29 is 43.3 Å². The maximum absolute atomic E-state index is 16.5. The van der Waals surface area contributed by atoms with E-state index in [-0.39, 0.29) is 32.0 Å². The average molecular weight is 894 g/mol. The molecule has 5 heterocycles. The molecule has 4 aromatic carbocycles. The molecule has 1 aromatic heterocycles. The van der Waals surface area contributed by atoms with Crippen LogP contribution >= 0.6 is 0 Å². The molecule has 1 spiro atoms. The van der Waals surface area contributed by atoms with Gasteiger partial charge in [-0.2, -0.15) is 0 Å². The number of aliphatic hydroxyl groups excluding tert-OH is 1. The minimum atomic E-state index is -2.02. The number of piperazine rings is 1. The highest BCUT2D eigenvalue weighted by molar-refractivity contribution is 6.25. The van der Waals surface area contributed by atoms with Crippen LogP contribution in [0.25, 0.3) is 0 Å². The number of fused-ring (bicyclic) bond motifs is 3. The van der Waals surface area contributed by atoms with E-state index in [1.54, 1.807) is 85.7 Å². The number of aliphatic hydroxyl groups is 1. The topological polar surface area (TPSA) is 184 Å². The lowest BCUT2D eigenvalue weighted by Gasteiger charge is -2.46. The van der Waals surface area contributed by atoms with E-state index < -0.39 is 77.3 Å². The van der Waals surface area contributed by atoms with E-state index in [1.165, 1.54) is 7.11 Å². The van der Waals surface area contributed by atoms with Gasteiger partial charge in [-0.15, -0.1) is 0 Å². The molecule has 0 radical (unpaired) electrons. The summed E-state index contributed by atoms with van der Waals surface area (Å²) in [7, 11) is 1.22. The van der Waals surface area contributed by atoms with E-state index in [0.717, 1.165) is 10.5 Å². The van der Waals surface area contributed by atoms with Crippen molar-refractivity contribution >= 4 is 41.4 Å². The van der Waals surface area contributed by atoms with Crippen molar-refractivity contribution in [3.63, 3.8) is 0 Å². The molecule has 66 heavy (non-hydrogen) atoms. The number of nitrogens with zero attached hydrogens (tertiary/aromatic N) is 6. The Hall–Kier alpha value is -7.17. The van der Waals surface area contributed by atoms with Gasteiger partial charge < -0.3 is 34.4 Å². The Morgan fingerprint density at radius 3 is 2.12 bits per heavy atom. The number of para-hydroxylation sites is 2. The maximum Gasteiger partial charge on any atom is 0.329 e. The second-order valence-corrected chi connectivity index (χ2v) is 17.1. The molecule has 340 valence electrons. The van der Waals surface area contributed by atoms with E-state index >= 15 is 14.4 Å².